The molecule has 3 rings (SSSR count). The molecule has 0 aliphatic carbocycles. The molecule has 0 aliphatic heterocycles. The molecule has 0 fully saturated rings. The smallest absolute Gasteiger partial charge is 0.108 e. The number of aromatic amines is 1. The number of likely N-dealkylation sites (N-methyl/N-ethyl adjacent to an activating group) is 1. The number of aromatic nitrogens is 4. The van der Waals surface area contributed by atoms with Gasteiger partial charge in [-0.3, -0.25) is 4.68 Å². The van der Waals surface area contributed by atoms with Crippen LogP contribution in [0.5, 0.6) is 0 Å². The molecule has 2 aromatic heterocycles. The van der Waals surface area contributed by atoms with Gasteiger partial charge in [-0.2, -0.15) is 5.10 Å². The van der Waals surface area contributed by atoms with E-state index in [1.54, 1.807) is 0 Å². The highest BCUT2D eigenvalue weighted by Crippen LogP contribution is 2.17. The summed E-state index contributed by atoms with van der Waals surface area (Å²) in [5.74, 6) is 0.993. The van der Waals surface area contributed by atoms with E-state index >= 15 is 0 Å². The van der Waals surface area contributed by atoms with E-state index in [9.17, 15) is 0 Å². The van der Waals surface area contributed by atoms with Gasteiger partial charge >= 0.3 is 0 Å². The van der Waals surface area contributed by atoms with Crippen molar-refractivity contribution in [2.75, 3.05) is 13.6 Å². The van der Waals surface area contributed by atoms with Crippen molar-refractivity contribution < 1.29 is 0 Å². The summed E-state index contributed by atoms with van der Waals surface area (Å²) in [5.41, 5.74) is 4.31. The third-order valence-corrected chi connectivity index (χ3v) is 4.01. The average molecular weight is 318 g/mol. The first-order valence-corrected chi connectivity index (χ1v) is 7.71. The van der Waals surface area contributed by atoms with E-state index in [1.165, 1.54) is 5.56 Å². The van der Waals surface area contributed by atoms with E-state index in [-0.39, 0.29) is 0 Å². The van der Waals surface area contributed by atoms with Crippen molar-refractivity contribution in [3.8, 4) is 0 Å². The van der Waals surface area contributed by atoms with Gasteiger partial charge in [-0.15, -0.1) is 0 Å². The van der Waals surface area contributed by atoms with Crippen LogP contribution in [0.15, 0.2) is 24.4 Å². The minimum atomic E-state index is 0.729. The molecule has 22 heavy (non-hydrogen) atoms. The van der Waals surface area contributed by atoms with Crippen LogP contribution in [-0.4, -0.2) is 38.2 Å². The molecule has 0 amide bonds. The summed E-state index contributed by atoms with van der Waals surface area (Å²) in [5, 5.41) is 5.11. The van der Waals surface area contributed by atoms with E-state index in [0.29, 0.717) is 0 Å². The summed E-state index contributed by atoms with van der Waals surface area (Å²) in [6, 6.07) is 5.72. The molecule has 1 N–H and O–H groups in total. The van der Waals surface area contributed by atoms with Gasteiger partial charge in [0, 0.05) is 43.3 Å². The van der Waals surface area contributed by atoms with E-state index in [2.05, 4.69) is 33.2 Å². The Labute approximate surface area is 134 Å². The average Bonchev–Trinajstić information content (AvgIpc) is 2.99. The molecular weight excluding hydrogens is 298 g/mol. The number of H-pyrrole nitrogens is 1. The summed E-state index contributed by atoms with van der Waals surface area (Å²) >= 11 is 6.00. The number of hydrogen-bond donors (Lipinski definition) is 1. The van der Waals surface area contributed by atoms with Crippen molar-refractivity contribution in [3.05, 3.63) is 46.5 Å². The lowest BCUT2D eigenvalue weighted by molar-refractivity contribution is 0.328. The van der Waals surface area contributed by atoms with Crippen LogP contribution in [0.1, 0.15) is 17.1 Å². The molecule has 5 nitrogen and oxygen atoms in total. The molecular formula is C16H20ClN5. The summed E-state index contributed by atoms with van der Waals surface area (Å²) in [4.78, 5) is 10.2. The van der Waals surface area contributed by atoms with Crippen LogP contribution in [0.3, 0.4) is 0 Å². The van der Waals surface area contributed by atoms with Crippen LogP contribution in [0.2, 0.25) is 5.02 Å². The van der Waals surface area contributed by atoms with E-state index in [0.717, 1.165) is 47.1 Å². The van der Waals surface area contributed by atoms with E-state index in [1.807, 2.05) is 36.9 Å². The molecule has 0 atom stereocenters. The third kappa shape index (κ3) is 3.31. The van der Waals surface area contributed by atoms with Crippen LogP contribution in [-0.2, 0) is 20.0 Å². The number of imidazole rings is 1. The predicted molar refractivity (Wildman–Crippen MR) is 89.1 cm³/mol. The van der Waals surface area contributed by atoms with Crippen molar-refractivity contribution in [2.24, 2.45) is 7.05 Å². The van der Waals surface area contributed by atoms with Crippen LogP contribution in [0.25, 0.3) is 11.0 Å². The molecule has 0 radical (unpaired) electrons. The lowest BCUT2D eigenvalue weighted by Crippen LogP contribution is -2.21. The molecule has 116 valence electrons. The molecule has 2 heterocycles. The van der Waals surface area contributed by atoms with Gasteiger partial charge in [0.15, 0.2) is 0 Å². The number of halogens is 1. The first kappa shape index (κ1) is 15.1. The maximum Gasteiger partial charge on any atom is 0.108 e. The number of nitrogens with zero attached hydrogens (tertiary/aromatic N) is 4. The van der Waals surface area contributed by atoms with Crippen LogP contribution < -0.4 is 0 Å². The molecule has 0 bridgehead atoms. The zero-order chi connectivity index (χ0) is 15.7. The number of rotatable bonds is 5. The largest absolute Gasteiger partial charge is 0.342 e. The first-order valence-electron chi connectivity index (χ1n) is 7.33. The highest BCUT2D eigenvalue weighted by molar-refractivity contribution is 6.31. The SMILES string of the molecule is Cc1nn(C)cc1CN(C)CCc1nc2ccc(Cl)cc2[nH]1. The molecule has 6 heteroatoms. The van der Waals surface area contributed by atoms with Gasteiger partial charge in [-0.05, 0) is 32.2 Å². The van der Waals surface area contributed by atoms with Crippen LogP contribution >= 0.6 is 11.6 Å². The first-order chi connectivity index (χ1) is 10.5. The second-order valence-electron chi connectivity index (χ2n) is 5.75. The highest BCUT2D eigenvalue weighted by atomic mass is 35.5. The molecule has 1 aromatic carbocycles. The maximum absolute atomic E-state index is 6.00. The summed E-state index contributed by atoms with van der Waals surface area (Å²) in [7, 11) is 4.07. The Kier molecular flexibility index (Phi) is 4.18. The topological polar surface area (TPSA) is 49.7 Å². The Balaban J connectivity index is 1.62. The van der Waals surface area contributed by atoms with Crippen LogP contribution in [0, 0.1) is 6.92 Å². The second kappa shape index (κ2) is 6.10. The Morgan fingerprint density at radius 2 is 2.18 bits per heavy atom. The molecule has 0 saturated carbocycles. The molecule has 0 unspecified atom stereocenters. The lowest BCUT2D eigenvalue weighted by atomic mass is 10.2. The number of nitrogens with one attached hydrogen (secondary N) is 1. The number of benzene rings is 1. The summed E-state index contributed by atoms with van der Waals surface area (Å²) in [6.45, 7) is 3.87. The fourth-order valence-electron chi connectivity index (χ4n) is 2.62. The Morgan fingerprint density at radius 3 is 2.91 bits per heavy atom. The molecule has 0 spiro atoms. The zero-order valence-corrected chi connectivity index (χ0v) is 13.9. The minimum Gasteiger partial charge on any atom is -0.342 e. The van der Waals surface area contributed by atoms with Crippen LogP contribution in [0.4, 0.5) is 0 Å². The van der Waals surface area contributed by atoms with Crippen molar-refractivity contribution in [1.82, 2.24) is 24.6 Å². The zero-order valence-electron chi connectivity index (χ0n) is 13.1. The third-order valence-electron chi connectivity index (χ3n) is 3.78. The number of aryl methyl sites for hydroxylation is 2. The maximum atomic E-state index is 6.00. The van der Waals surface area contributed by atoms with Gasteiger partial charge < -0.3 is 9.88 Å². The minimum absolute atomic E-state index is 0.729. The van der Waals surface area contributed by atoms with Gasteiger partial charge in [0.2, 0.25) is 0 Å². The van der Waals surface area contributed by atoms with Gasteiger partial charge in [0.25, 0.3) is 0 Å². The normalized spacial score (nSPS) is 11.7. The monoisotopic (exact) mass is 317 g/mol. The summed E-state index contributed by atoms with van der Waals surface area (Å²) in [6.07, 6.45) is 2.96. The van der Waals surface area contributed by atoms with Gasteiger partial charge in [0.1, 0.15) is 5.82 Å². The number of fused-ring (bicyclic) bond motifs is 1. The van der Waals surface area contributed by atoms with Crippen molar-refractivity contribution in [3.63, 3.8) is 0 Å². The fraction of sp³-hybridized carbons (Fsp3) is 0.375. The Morgan fingerprint density at radius 1 is 1.36 bits per heavy atom. The standard InChI is InChI=1S/C16H20ClN5/c1-11-12(10-22(3)20-11)9-21(2)7-6-16-18-14-5-4-13(17)8-15(14)19-16/h4-5,8,10H,6-7,9H2,1-3H3,(H,18,19). The summed E-state index contributed by atoms with van der Waals surface area (Å²) < 4.78 is 1.86. The molecule has 0 saturated heterocycles. The fourth-order valence-corrected chi connectivity index (χ4v) is 2.80. The van der Waals surface area contributed by atoms with Crippen molar-refractivity contribution in [2.45, 2.75) is 19.9 Å². The van der Waals surface area contributed by atoms with Gasteiger partial charge in [0.05, 0.1) is 16.7 Å². The quantitative estimate of drug-likeness (QED) is 0.787. The highest BCUT2D eigenvalue weighted by Gasteiger charge is 2.08. The van der Waals surface area contributed by atoms with Gasteiger partial charge in [-0.25, -0.2) is 4.98 Å². The van der Waals surface area contributed by atoms with E-state index < -0.39 is 0 Å². The second-order valence-corrected chi connectivity index (χ2v) is 6.18. The van der Waals surface area contributed by atoms with Crippen molar-refractivity contribution in [1.29, 1.82) is 0 Å². The predicted octanol–water partition coefficient (Wildman–Crippen LogP) is 2.93. The Hall–Kier alpha value is -1.85. The molecule has 3 aromatic rings. The van der Waals surface area contributed by atoms with Gasteiger partial charge in [-0.1, -0.05) is 11.6 Å². The van der Waals surface area contributed by atoms with Crippen molar-refractivity contribution >= 4 is 22.6 Å². The molecule has 0 aliphatic rings. The number of hydrogen-bond acceptors (Lipinski definition) is 3. The Bertz CT molecular complexity index is 789. The lowest BCUT2D eigenvalue weighted by Gasteiger charge is -2.15. The van der Waals surface area contributed by atoms with E-state index in [4.69, 9.17) is 11.6 Å².